The van der Waals surface area contributed by atoms with E-state index in [2.05, 4.69) is 10.6 Å². The minimum Gasteiger partial charge on any atom is -0.382 e. The molecule has 3 atom stereocenters. The fraction of sp³-hybridized carbons (Fsp3) is 0.900. The largest absolute Gasteiger partial charge is 0.382 e. The van der Waals surface area contributed by atoms with Crippen LogP contribution in [0, 0.1) is 0 Å². The van der Waals surface area contributed by atoms with Crippen LogP contribution in [0.15, 0.2) is 0 Å². The molecule has 0 radical (unpaired) electrons. The Labute approximate surface area is 445 Å². The second kappa shape index (κ2) is 53.5. The molecule has 0 rings (SSSR count). The van der Waals surface area contributed by atoms with Gasteiger partial charge in [-0.1, -0.05) is 13.8 Å². The van der Waals surface area contributed by atoms with Gasteiger partial charge in [0, 0.05) is 79.7 Å². The summed E-state index contributed by atoms with van der Waals surface area (Å²) in [5, 5.41) is 5.54. The molecule has 0 aliphatic rings. The average Bonchev–Trinajstić information content (AvgIpc) is 3.38. The van der Waals surface area contributed by atoms with Crippen molar-refractivity contribution in [1.82, 2.24) is 10.6 Å². The topological polar surface area (TPSA) is 285 Å². The molecule has 0 aromatic rings. The van der Waals surface area contributed by atoms with Gasteiger partial charge in [0.1, 0.15) is 5.78 Å². The number of carbonyl (C=O) groups excluding carboxylic acids is 5. The molecule has 0 bridgehead atoms. The van der Waals surface area contributed by atoms with Crippen molar-refractivity contribution < 1.29 is 104 Å². The van der Waals surface area contributed by atoms with Gasteiger partial charge >= 0.3 is 7.60 Å². The fourth-order valence-electron chi connectivity index (χ4n) is 6.20. The Morgan fingerprint density at radius 2 is 0.667 bits per heavy atom. The van der Waals surface area contributed by atoms with Crippen LogP contribution >= 0.6 is 7.60 Å². The van der Waals surface area contributed by atoms with Gasteiger partial charge in [-0.2, -0.15) is 0 Å². The molecular weight excluding hydrogens is 1010 g/mol. The molecule has 0 heterocycles. The van der Waals surface area contributed by atoms with Crippen molar-refractivity contribution in [2.45, 2.75) is 102 Å². The van der Waals surface area contributed by atoms with Crippen molar-refractivity contribution in [3.8, 4) is 0 Å². The highest BCUT2D eigenvalue weighted by atomic mass is 31.2. The highest BCUT2D eigenvalue weighted by molar-refractivity contribution is 7.53. The smallest absolute Gasteiger partial charge is 0.330 e. The van der Waals surface area contributed by atoms with Gasteiger partial charge in [-0.15, -0.1) is 0 Å². The molecule has 75 heavy (non-hydrogen) atoms. The first-order valence-electron chi connectivity index (χ1n) is 26.3. The molecule has 0 saturated carbocycles. The van der Waals surface area contributed by atoms with Crippen molar-refractivity contribution in [3.63, 3.8) is 0 Å². The number of ether oxygens (including phenoxy) is 14. The van der Waals surface area contributed by atoms with Crippen LogP contribution in [-0.4, -0.2) is 245 Å². The maximum atomic E-state index is 13.3. The van der Waals surface area contributed by atoms with Gasteiger partial charge in [-0.25, -0.2) is 0 Å². The standard InChI is InChI=1S/C50H95N2O22P/c1-43(2)75(58,59)74-42-41-73-40-39-72-38-37-71-36-35-70-34-33-69-32-31-68-30-29-67-28-27-66-20-16-50(57)52-46(48(55)11-8-19-65-26-23-62-5)14-15-49(56)51-45(47(54)10-7-18-64-25-22-61-4)13-12-44(53)9-6-17-63-24-21-60-3/h43,45-46H,6-42H2,1-5H3,(H,51,56)(H,52,57)(H,58,59). The van der Waals surface area contributed by atoms with Gasteiger partial charge in [0.2, 0.25) is 11.8 Å². The molecule has 0 aromatic carbocycles. The van der Waals surface area contributed by atoms with E-state index in [-0.39, 0.29) is 102 Å². The van der Waals surface area contributed by atoms with Gasteiger partial charge in [0.15, 0.2) is 11.6 Å². The van der Waals surface area contributed by atoms with E-state index < -0.39 is 37.2 Å². The normalized spacial score (nSPS) is 13.2. The summed E-state index contributed by atoms with van der Waals surface area (Å²) >= 11 is 0. The zero-order valence-electron chi connectivity index (χ0n) is 45.9. The summed E-state index contributed by atoms with van der Waals surface area (Å²) in [5.74, 6) is -1.44. The number of hydrogen-bond donors (Lipinski definition) is 3. The first kappa shape index (κ1) is 72.5. The maximum Gasteiger partial charge on any atom is 0.330 e. The van der Waals surface area contributed by atoms with Crippen LogP contribution in [0.1, 0.15) is 84.5 Å². The van der Waals surface area contributed by atoms with Crippen molar-refractivity contribution in [2.75, 3.05) is 193 Å². The van der Waals surface area contributed by atoms with Crippen LogP contribution in [0.5, 0.6) is 0 Å². The predicted octanol–water partition coefficient (Wildman–Crippen LogP) is 2.69. The highest BCUT2D eigenvalue weighted by Gasteiger charge is 2.26. The van der Waals surface area contributed by atoms with E-state index in [1.807, 2.05) is 0 Å². The summed E-state index contributed by atoms with van der Waals surface area (Å²) in [6.45, 7) is 12.3. The number of nitrogens with one attached hydrogen (secondary N) is 2. The molecular formula is C50H95N2O22P. The Morgan fingerprint density at radius 1 is 0.373 bits per heavy atom. The third kappa shape index (κ3) is 48.4. The Kier molecular flexibility index (Phi) is 51.8. The lowest BCUT2D eigenvalue weighted by Gasteiger charge is -2.20. The summed E-state index contributed by atoms with van der Waals surface area (Å²) in [4.78, 5) is 75.2. The first-order chi connectivity index (χ1) is 36.4. The van der Waals surface area contributed by atoms with E-state index in [1.54, 1.807) is 35.2 Å². The Bertz CT molecular complexity index is 1430. The minimum absolute atomic E-state index is 0.00114. The number of methoxy groups -OCH3 is 3. The number of amides is 2. The van der Waals surface area contributed by atoms with E-state index in [1.165, 1.54) is 0 Å². The average molecular weight is 1110 g/mol. The van der Waals surface area contributed by atoms with Crippen LogP contribution in [0.4, 0.5) is 0 Å². The van der Waals surface area contributed by atoms with Crippen LogP contribution < -0.4 is 10.6 Å². The fourth-order valence-corrected chi connectivity index (χ4v) is 6.83. The molecule has 0 fully saturated rings. The van der Waals surface area contributed by atoms with Gasteiger partial charge in [0.05, 0.1) is 170 Å². The molecule has 0 aliphatic carbocycles. The van der Waals surface area contributed by atoms with E-state index >= 15 is 0 Å². The lowest BCUT2D eigenvalue weighted by Crippen LogP contribution is -2.44. The van der Waals surface area contributed by atoms with E-state index in [0.717, 1.165) is 0 Å². The summed E-state index contributed by atoms with van der Waals surface area (Å²) in [7, 11) is 1.14. The van der Waals surface area contributed by atoms with Crippen molar-refractivity contribution in [1.29, 1.82) is 0 Å². The van der Waals surface area contributed by atoms with E-state index in [4.69, 9.17) is 70.8 Å². The summed E-state index contributed by atoms with van der Waals surface area (Å²) < 4.78 is 91.8. The maximum absolute atomic E-state index is 13.3. The first-order valence-corrected chi connectivity index (χ1v) is 28.0. The monoisotopic (exact) mass is 1110 g/mol. The third-order valence-corrected chi connectivity index (χ3v) is 12.4. The number of hydrogen-bond acceptors (Lipinski definition) is 21. The lowest BCUT2D eigenvalue weighted by molar-refractivity contribution is -0.130. The minimum atomic E-state index is -3.57. The SMILES string of the molecule is COCCOCCCC(=O)CCC(NC(=O)CCC(NC(=O)CCOCCOCCOCCOCCOCCOCCOCCOCCOP(=O)(O)C(C)C)C(=O)CCCOCCOC)C(=O)CCCOCCOC. The van der Waals surface area contributed by atoms with Gasteiger partial charge < -0.3 is 86.4 Å². The number of ketones is 3. The molecule has 2 amide bonds. The van der Waals surface area contributed by atoms with Gasteiger partial charge in [-0.3, -0.25) is 28.5 Å². The van der Waals surface area contributed by atoms with Crippen molar-refractivity contribution >= 4 is 36.8 Å². The number of rotatable bonds is 60. The number of carbonyl (C=O) groups is 5. The second-order valence-electron chi connectivity index (χ2n) is 17.1. The lowest BCUT2D eigenvalue weighted by atomic mass is 9.99. The van der Waals surface area contributed by atoms with Gasteiger partial charge in [0.25, 0.3) is 0 Å². The third-order valence-electron chi connectivity index (χ3n) is 10.5. The molecule has 0 saturated heterocycles. The summed E-state index contributed by atoms with van der Waals surface area (Å²) in [6.07, 6.45) is 1.94. The second-order valence-corrected chi connectivity index (χ2v) is 19.5. The Morgan fingerprint density at radius 3 is 1.03 bits per heavy atom. The quantitative estimate of drug-likeness (QED) is 0.0583. The molecule has 24 nitrogen and oxygen atoms in total. The van der Waals surface area contributed by atoms with Crippen molar-refractivity contribution in [3.05, 3.63) is 0 Å². The molecule has 0 aromatic heterocycles. The Hall–Kier alpha value is -2.46. The van der Waals surface area contributed by atoms with Gasteiger partial charge in [-0.05, 0) is 32.1 Å². The van der Waals surface area contributed by atoms with Crippen molar-refractivity contribution in [2.24, 2.45) is 0 Å². The predicted molar refractivity (Wildman–Crippen MR) is 275 cm³/mol. The molecule has 442 valence electrons. The molecule has 0 spiro atoms. The zero-order valence-corrected chi connectivity index (χ0v) is 46.8. The summed E-state index contributed by atoms with van der Waals surface area (Å²) in [6, 6.07) is -1.87. The molecule has 25 heteroatoms. The van der Waals surface area contributed by atoms with Crippen LogP contribution in [0.2, 0.25) is 0 Å². The molecule has 3 unspecified atom stereocenters. The van der Waals surface area contributed by atoms with Crippen LogP contribution in [0.25, 0.3) is 0 Å². The molecule has 0 aliphatic heterocycles. The van der Waals surface area contributed by atoms with E-state index in [9.17, 15) is 33.4 Å². The van der Waals surface area contributed by atoms with Crippen LogP contribution in [-0.2, 0) is 99.4 Å². The van der Waals surface area contributed by atoms with E-state index in [0.29, 0.717) is 158 Å². The summed E-state index contributed by atoms with van der Waals surface area (Å²) in [5.41, 5.74) is -0.455. The zero-order chi connectivity index (χ0) is 55.3. The highest BCUT2D eigenvalue weighted by Crippen LogP contribution is 2.46. The molecule has 3 N–H and O–H groups in total. The van der Waals surface area contributed by atoms with Crippen LogP contribution in [0.3, 0.4) is 0 Å². The Balaban J connectivity index is 4.47. The number of Topliss-reactive ketones (excluding diaryl/α,β-unsaturated/α-hetero) is 3.